The maximum atomic E-state index is 12.4. The van der Waals surface area contributed by atoms with Crippen LogP contribution in [0.2, 0.25) is 0 Å². The summed E-state index contributed by atoms with van der Waals surface area (Å²) in [6.07, 6.45) is 6.85. The molecule has 1 atom stereocenters. The van der Waals surface area contributed by atoms with E-state index in [2.05, 4.69) is 10.2 Å². The molecule has 1 N–H and O–H groups in total. The molecule has 122 valence electrons. The number of nitrogens with one attached hydrogen (secondary N) is 1. The summed E-state index contributed by atoms with van der Waals surface area (Å²) in [4.78, 5) is 14.2. The van der Waals surface area contributed by atoms with E-state index in [1.54, 1.807) is 24.5 Å². The number of rotatable bonds is 4. The van der Waals surface area contributed by atoms with Crippen LogP contribution in [0.4, 0.5) is 0 Å². The number of piperidine rings is 1. The minimum absolute atomic E-state index is 0.00304. The SMILES string of the molecule is CCn1c(C2CCCN(C(=O)/C=C/c3ccco3)C2)n[nH]c1=S. The number of hydrogen-bond donors (Lipinski definition) is 1. The highest BCUT2D eigenvalue weighted by molar-refractivity contribution is 7.71. The van der Waals surface area contributed by atoms with Gasteiger partial charge in [0.15, 0.2) is 4.77 Å². The largest absolute Gasteiger partial charge is 0.465 e. The minimum Gasteiger partial charge on any atom is -0.465 e. The van der Waals surface area contributed by atoms with E-state index in [9.17, 15) is 4.79 Å². The Balaban J connectivity index is 1.70. The monoisotopic (exact) mass is 332 g/mol. The first kappa shape index (κ1) is 15.7. The lowest BCUT2D eigenvalue weighted by Gasteiger charge is -2.31. The Labute approximate surface area is 139 Å². The molecule has 0 saturated carbocycles. The van der Waals surface area contributed by atoms with Gasteiger partial charge in [-0.2, -0.15) is 5.10 Å². The van der Waals surface area contributed by atoms with E-state index in [1.165, 1.54) is 0 Å². The van der Waals surface area contributed by atoms with Gasteiger partial charge in [-0.25, -0.2) is 0 Å². The second-order valence-corrected chi connectivity index (χ2v) is 5.99. The molecule has 0 spiro atoms. The molecular weight excluding hydrogens is 312 g/mol. The topological polar surface area (TPSA) is 67.1 Å². The van der Waals surface area contributed by atoms with Crippen molar-refractivity contribution in [1.29, 1.82) is 0 Å². The third kappa shape index (κ3) is 3.44. The molecule has 0 aromatic carbocycles. The number of nitrogens with zero attached hydrogens (tertiary/aromatic N) is 3. The predicted octanol–water partition coefficient (Wildman–Crippen LogP) is 2.97. The zero-order valence-corrected chi connectivity index (χ0v) is 13.9. The zero-order chi connectivity index (χ0) is 16.2. The van der Waals surface area contributed by atoms with Gasteiger partial charge in [0.25, 0.3) is 0 Å². The third-order valence-electron chi connectivity index (χ3n) is 4.14. The lowest BCUT2D eigenvalue weighted by molar-refractivity contribution is -0.127. The van der Waals surface area contributed by atoms with Crippen LogP contribution in [0, 0.1) is 4.77 Å². The van der Waals surface area contributed by atoms with Crippen LogP contribution in [0.5, 0.6) is 0 Å². The molecule has 23 heavy (non-hydrogen) atoms. The Morgan fingerprint density at radius 2 is 2.48 bits per heavy atom. The van der Waals surface area contributed by atoms with Crippen LogP contribution in [0.15, 0.2) is 28.9 Å². The molecule has 0 bridgehead atoms. The van der Waals surface area contributed by atoms with Crippen molar-refractivity contribution in [3.05, 3.63) is 40.8 Å². The van der Waals surface area contributed by atoms with Crippen molar-refractivity contribution in [2.24, 2.45) is 0 Å². The van der Waals surface area contributed by atoms with Crippen molar-refractivity contribution in [1.82, 2.24) is 19.7 Å². The number of likely N-dealkylation sites (tertiary alicyclic amines) is 1. The second kappa shape index (κ2) is 6.95. The summed E-state index contributed by atoms with van der Waals surface area (Å²) >= 11 is 5.25. The quantitative estimate of drug-likeness (QED) is 0.690. The molecule has 6 nitrogen and oxygen atoms in total. The lowest BCUT2D eigenvalue weighted by atomic mass is 9.97. The van der Waals surface area contributed by atoms with Gasteiger partial charge in [0, 0.05) is 31.6 Å². The van der Waals surface area contributed by atoms with Gasteiger partial charge in [-0.05, 0) is 50.2 Å². The van der Waals surface area contributed by atoms with Crippen LogP contribution < -0.4 is 0 Å². The fourth-order valence-electron chi connectivity index (χ4n) is 2.98. The lowest BCUT2D eigenvalue weighted by Crippen LogP contribution is -2.38. The number of carbonyl (C=O) groups is 1. The molecular formula is C16H20N4O2S. The highest BCUT2D eigenvalue weighted by atomic mass is 32.1. The highest BCUT2D eigenvalue weighted by Gasteiger charge is 2.27. The first-order chi connectivity index (χ1) is 11.2. The summed E-state index contributed by atoms with van der Waals surface area (Å²) in [7, 11) is 0. The van der Waals surface area contributed by atoms with Gasteiger partial charge >= 0.3 is 0 Å². The molecule has 0 aliphatic carbocycles. The Bertz CT molecular complexity index is 744. The van der Waals surface area contributed by atoms with Gasteiger partial charge in [0.1, 0.15) is 11.6 Å². The van der Waals surface area contributed by atoms with E-state index < -0.39 is 0 Å². The van der Waals surface area contributed by atoms with Crippen molar-refractivity contribution in [3.8, 4) is 0 Å². The van der Waals surface area contributed by atoms with Crippen LogP contribution in [0.25, 0.3) is 6.08 Å². The maximum absolute atomic E-state index is 12.4. The third-order valence-corrected chi connectivity index (χ3v) is 4.45. The molecule has 3 rings (SSSR count). The standard InChI is InChI=1S/C16H20N4O2S/c1-2-20-15(17-18-16(20)23)12-5-3-9-19(11-12)14(21)8-7-13-6-4-10-22-13/h4,6-8,10,12H,2-3,5,9,11H2,1H3,(H,18,23)/b8-7+. The fourth-order valence-corrected chi connectivity index (χ4v) is 3.25. The van der Waals surface area contributed by atoms with E-state index >= 15 is 0 Å². The Hall–Kier alpha value is -2.15. The van der Waals surface area contributed by atoms with Gasteiger partial charge in [-0.3, -0.25) is 9.89 Å². The molecule has 0 radical (unpaired) electrons. The number of hydrogen-bond acceptors (Lipinski definition) is 4. The maximum Gasteiger partial charge on any atom is 0.246 e. The van der Waals surface area contributed by atoms with Gasteiger partial charge in [-0.1, -0.05) is 0 Å². The number of amides is 1. The molecule has 2 aromatic heterocycles. The average Bonchev–Trinajstić information content (AvgIpc) is 3.22. The number of H-pyrrole nitrogens is 1. The van der Waals surface area contributed by atoms with Crippen LogP contribution in [-0.2, 0) is 11.3 Å². The van der Waals surface area contributed by atoms with Crippen molar-refractivity contribution in [2.75, 3.05) is 13.1 Å². The van der Waals surface area contributed by atoms with Crippen LogP contribution in [-0.4, -0.2) is 38.7 Å². The summed E-state index contributed by atoms with van der Waals surface area (Å²) in [6, 6.07) is 3.62. The van der Waals surface area contributed by atoms with Crippen LogP contribution in [0.3, 0.4) is 0 Å². The Kier molecular flexibility index (Phi) is 4.76. The van der Waals surface area contributed by atoms with E-state index in [0.717, 1.165) is 31.8 Å². The molecule has 1 aliphatic heterocycles. The summed E-state index contributed by atoms with van der Waals surface area (Å²) in [6.45, 7) is 4.27. The van der Waals surface area contributed by atoms with Crippen LogP contribution >= 0.6 is 12.2 Å². The first-order valence-electron chi connectivity index (χ1n) is 7.84. The first-order valence-corrected chi connectivity index (χ1v) is 8.25. The zero-order valence-electron chi connectivity index (χ0n) is 13.1. The highest BCUT2D eigenvalue weighted by Crippen LogP contribution is 2.26. The molecule has 7 heteroatoms. The van der Waals surface area contributed by atoms with E-state index in [4.69, 9.17) is 16.6 Å². The fraction of sp³-hybridized carbons (Fsp3) is 0.438. The minimum atomic E-state index is 0.00304. The average molecular weight is 332 g/mol. The van der Waals surface area contributed by atoms with Crippen molar-refractivity contribution in [3.63, 3.8) is 0 Å². The smallest absolute Gasteiger partial charge is 0.246 e. The summed E-state index contributed by atoms with van der Waals surface area (Å²) in [5, 5.41) is 7.22. The van der Waals surface area contributed by atoms with Gasteiger partial charge in [-0.15, -0.1) is 0 Å². The Morgan fingerprint density at radius 1 is 1.61 bits per heavy atom. The molecule has 1 fully saturated rings. The molecule has 1 saturated heterocycles. The second-order valence-electron chi connectivity index (χ2n) is 5.60. The summed E-state index contributed by atoms with van der Waals surface area (Å²) in [5.41, 5.74) is 0. The van der Waals surface area contributed by atoms with Crippen molar-refractivity contribution < 1.29 is 9.21 Å². The van der Waals surface area contributed by atoms with Gasteiger partial charge < -0.3 is 13.9 Å². The van der Waals surface area contributed by atoms with Gasteiger partial charge in [0.2, 0.25) is 5.91 Å². The number of furan rings is 1. The molecule has 1 aliphatic rings. The van der Waals surface area contributed by atoms with Crippen LogP contribution in [0.1, 0.15) is 37.3 Å². The van der Waals surface area contributed by atoms with Crippen molar-refractivity contribution >= 4 is 24.2 Å². The number of aromatic nitrogens is 3. The number of aromatic amines is 1. The molecule has 1 amide bonds. The molecule has 1 unspecified atom stereocenters. The van der Waals surface area contributed by atoms with E-state index in [1.807, 2.05) is 22.5 Å². The number of carbonyl (C=O) groups excluding carboxylic acids is 1. The summed E-state index contributed by atoms with van der Waals surface area (Å²) < 4.78 is 7.86. The normalized spacial score (nSPS) is 18.7. The Morgan fingerprint density at radius 3 is 3.22 bits per heavy atom. The summed E-state index contributed by atoms with van der Waals surface area (Å²) in [5.74, 6) is 1.85. The van der Waals surface area contributed by atoms with E-state index in [0.29, 0.717) is 17.1 Å². The molecule has 2 aromatic rings. The molecule has 3 heterocycles. The van der Waals surface area contributed by atoms with Crippen molar-refractivity contribution in [2.45, 2.75) is 32.2 Å². The van der Waals surface area contributed by atoms with Gasteiger partial charge in [0.05, 0.1) is 6.26 Å². The van der Waals surface area contributed by atoms with E-state index in [-0.39, 0.29) is 11.8 Å². The predicted molar refractivity (Wildman–Crippen MR) is 89.4 cm³/mol.